The molecule has 2 aromatic rings. The van der Waals surface area contributed by atoms with Gasteiger partial charge >= 0.3 is 0 Å². The Labute approximate surface area is 214 Å². The van der Waals surface area contributed by atoms with Gasteiger partial charge in [0.05, 0.1) is 19.3 Å². The highest BCUT2D eigenvalue weighted by molar-refractivity contribution is 14.0. The number of nitrogens with one attached hydrogen (secondary N) is 2. The van der Waals surface area contributed by atoms with Crippen LogP contribution in [0.3, 0.4) is 0 Å². The van der Waals surface area contributed by atoms with Gasteiger partial charge in [0.1, 0.15) is 11.5 Å². The Morgan fingerprint density at radius 3 is 2.45 bits per heavy atom. The van der Waals surface area contributed by atoms with Crippen molar-refractivity contribution >= 4 is 29.9 Å². The molecule has 2 N–H and O–H groups in total. The number of hydrogen-bond donors (Lipinski definition) is 2. The Morgan fingerprint density at radius 1 is 1.03 bits per heavy atom. The number of guanidine groups is 1. The molecule has 0 aromatic heterocycles. The molecule has 0 bridgehead atoms. The summed E-state index contributed by atoms with van der Waals surface area (Å²) >= 11 is 0. The van der Waals surface area contributed by atoms with Crippen LogP contribution in [0, 0.1) is 12.8 Å². The Balaban J connectivity index is 0.00000306. The van der Waals surface area contributed by atoms with Gasteiger partial charge < -0.3 is 24.8 Å². The second kappa shape index (κ2) is 13.0. The lowest BCUT2D eigenvalue weighted by molar-refractivity contribution is 0.119. The Morgan fingerprint density at radius 2 is 1.79 bits per heavy atom. The molecule has 0 radical (unpaired) electrons. The maximum atomic E-state index is 6.17. The molecule has 180 valence electrons. The molecule has 7 heteroatoms. The van der Waals surface area contributed by atoms with E-state index in [9.17, 15) is 0 Å². The molecule has 1 unspecified atom stereocenters. The Hall–Kier alpha value is -2.00. The number of rotatable bonds is 9. The lowest BCUT2D eigenvalue weighted by atomic mass is 9.96. The van der Waals surface area contributed by atoms with Gasteiger partial charge in [0, 0.05) is 43.8 Å². The summed E-state index contributed by atoms with van der Waals surface area (Å²) in [7, 11) is 1.79. The van der Waals surface area contributed by atoms with Crippen LogP contribution < -0.4 is 20.1 Å². The summed E-state index contributed by atoms with van der Waals surface area (Å²) in [4.78, 5) is 4.39. The van der Waals surface area contributed by atoms with E-state index < -0.39 is 0 Å². The zero-order valence-electron chi connectivity index (χ0n) is 19.6. The van der Waals surface area contributed by atoms with E-state index in [1.165, 1.54) is 12.0 Å². The molecular formula is C26H36IN3O3. The summed E-state index contributed by atoms with van der Waals surface area (Å²) < 4.78 is 17.8. The molecule has 6 nitrogen and oxygen atoms in total. The van der Waals surface area contributed by atoms with E-state index in [-0.39, 0.29) is 24.0 Å². The summed E-state index contributed by atoms with van der Waals surface area (Å²) in [6.07, 6.45) is 5.01. The van der Waals surface area contributed by atoms with Gasteiger partial charge in [-0.1, -0.05) is 30.3 Å². The van der Waals surface area contributed by atoms with Gasteiger partial charge in [-0.15, -0.1) is 24.0 Å². The SMILES string of the molecule is CN=C(NCc1ccc(C)cc1OCC1CCOC1)NCc1ccccc1OC1CCC1.I. The molecule has 2 fully saturated rings. The van der Waals surface area contributed by atoms with Crippen molar-refractivity contribution in [1.29, 1.82) is 0 Å². The van der Waals surface area contributed by atoms with Gasteiger partial charge in [-0.3, -0.25) is 4.99 Å². The quantitative estimate of drug-likeness (QED) is 0.259. The molecule has 1 aliphatic heterocycles. The van der Waals surface area contributed by atoms with E-state index in [4.69, 9.17) is 14.2 Å². The van der Waals surface area contributed by atoms with Crippen molar-refractivity contribution in [2.75, 3.05) is 26.9 Å². The summed E-state index contributed by atoms with van der Waals surface area (Å²) in [5.41, 5.74) is 3.45. The van der Waals surface area contributed by atoms with Crippen molar-refractivity contribution in [3.05, 3.63) is 59.2 Å². The van der Waals surface area contributed by atoms with Crippen molar-refractivity contribution in [1.82, 2.24) is 10.6 Å². The third-order valence-electron chi connectivity index (χ3n) is 6.16. The van der Waals surface area contributed by atoms with Crippen molar-refractivity contribution in [3.8, 4) is 11.5 Å². The fourth-order valence-electron chi connectivity index (χ4n) is 3.88. The highest BCUT2D eigenvalue weighted by Gasteiger charge is 2.20. The number of hydrogen-bond acceptors (Lipinski definition) is 4. The summed E-state index contributed by atoms with van der Waals surface area (Å²) in [5, 5.41) is 6.83. The van der Waals surface area contributed by atoms with Crippen LogP contribution in [0.1, 0.15) is 42.4 Å². The van der Waals surface area contributed by atoms with E-state index in [2.05, 4.69) is 52.9 Å². The first-order chi connectivity index (χ1) is 15.7. The zero-order chi connectivity index (χ0) is 22.2. The first kappa shape index (κ1) is 25.6. The number of nitrogens with zero attached hydrogens (tertiary/aromatic N) is 1. The van der Waals surface area contributed by atoms with Gasteiger partial charge in [-0.2, -0.15) is 0 Å². The fraction of sp³-hybridized carbons (Fsp3) is 0.500. The van der Waals surface area contributed by atoms with Crippen LogP contribution in [0.4, 0.5) is 0 Å². The Kier molecular flexibility index (Phi) is 10.1. The molecule has 1 aliphatic carbocycles. The third kappa shape index (κ3) is 7.50. The lowest BCUT2D eigenvalue weighted by Gasteiger charge is -2.27. The monoisotopic (exact) mass is 565 g/mol. The number of benzene rings is 2. The minimum atomic E-state index is 0. The molecule has 1 atom stereocenters. The standard InChI is InChI=1S/C26H35N3O3.HI/c1-19-10-11-22(25(14-19)31-18-20-12-13-30-17-20)16-29-26(27-2)28-15-21-6-3-4-9-24(21)32-23-7-5-8-23;/h3-4,6,9-11,14,20,23H,5,7-8,12-13,15-18H2,1-2H3,(H2,27,28,29);1H. The van der Waals surface area contributed by atoms with Crippen LogP contribution in [0.15, 0.2) is 47.5 Å². The smallest absolute Gasteiger partial charge is 0.191 e. The Bertz CT molecular complexity index is 911. The summed E-state index contributed by atoms with van der Waals surface area (Å²) in [6.45, 7) is 5.71. The number of ether oxygens (including phenoxy) is 3. The predicted molar refractivity (Wildman–Crippen MR) is 143 cm³/mol. The number of aryl methyl sites for hydroxylation is 1. The largest absolute Gasteiger partial charge is 0.493 e. The van der Waals surface area contributed by atoms with Gasteiger partial charge in [0.2, 0.25) is 0 Å². The van der Waals surface area contributed by atoms with Gasteiger partial charge in [-0.05, 0) is 50.3 Å². The van der Waals surface area contributed by atoms with Crippen LogP contribution in [0.2, 0.25) is 0 Å². The molecule has 2 aliphatic rings. The highest BCUT2D eigenvalue weighted by Crippen LogP contribution is 2.27. The number of halogens is 1. The number of aliphatic imine (C=N–C) groups is 1. The molecule has 2 aromatic carbocycles. The maximum Gasteiger partial charge on any atom is 0.191 e. The van der Waals surface area contributed by atoms with Crippen LogP contribution in [-0.4, -0.2) is 38.9 Å². The van der Waals surface area contributed by atoms with E-state index in [1.54, 1.807) is 7.05 Å². The molecule has 1 heterocycles. The van der Waals surface area contributed by atoms with Gasteiger partial charge in [-0.25, -0.2) is 0 Å². The minimum Gasteiger partial charge on any atom is -0.493 e. The van der Waals surface area contributed by atoms with E-state index in [1.807, 2.05) is 12.1 Å². The average molecular weight is 565 g/mol. The second-order valence-corrected chi connectivity index (χ2v) is 8.71. The fourth-order valence-corrected chi connectivity index (χ4v) is 3.88. The van der Waals surface area contributed by atoms with E-state index in [0.717, 1.165) is 61.1 Å². The topological polar surface area (TPSA) is 64.1 Å². The van der Waals surface area contributed by atoms with Gasteiger partial charge in [0.25, 0.3) is 0 Å². The van der Waals surface area contributed by atoms with Crippen molar-refractivity contribution in [2.45, 2.75) is 51.8 Å². The summed E-state index contributed by atoms with van der Waals surface area (Å²) in [5.74, 6) is 3.12. The molecule has 0 spiro atoms. The van der Waals surface area contributed by atoms with Gasteiger partial charge in [0.15, 0.2) is 5.96 Å². The van der Waals surface area contributed by atoms with Crippen LogP contribution in [-0.2, 0) is 17.8 Å². The lowest BCUT2D eigenvalue weighted by Crippen LogP contribution is -2.36. The first-order valence-corrected chi connectivity index (χ1v) is 11.7. The molecule has 1 saturated heterocycles. The maximum absolute atomic E-state index is 6.17. The van der Waals surface area contributed by atoms with Crippen molar-refractivity contribution in [3.63, 3.8) is 0 Å². The van der Waals surface area contributed by atoms with Crippen LogP contribution in [0.25, 0.3) is 0 Å². The number of para-hydroxylation sites is 1. The molecule has 0 amide bonds. The minimum absolute atomic E-state index is 0. The molecule has 33 heavy (non-hydrogen) atoms. The molecule has 1 saturated carbocycles. The molecule has 4 rings (SSSR count). The van der Waals surface area contributed by atoms with E-state index in [0.29, 0.717) is 31.7 Å². The average Bonchev–Trinajstić information content (AvgIpc) is 3.30. The highest BCUT2D eigenvalue weighted by atomic mass is 127. The molecular weight excluding hydrogens is 529 g/mol. The predicted octanol–water partition coefficient (Wildman–Crippen LogP) is 4.82. The van der Waals surface area contributed by atoms with Crippen LogP contribution >= 0.6 is 24.0 Å². The third-order valence-corrected chi connectivity index (χ3v) is 6.16. The second-order valence-electron chi connectivity index (χ2n) is 8.71. The zero-order valence-corrected chi connectivity index (χ0v) is 22.0. The normalized spacial score (nSPS) is 18.2. The summed E-state index contributed by atoms with van der Waals surface area (Å²) in [6, 6.07) is 14.6. The first-order valence-electron chi connectivity index (χ1n) is 11.7. The van der Waals surface area contributed by atoms with E-state index >= 15 is 0 Å². The van der Waals surface area contributed by atoms with Crippen molar-refractivity contribution < 1.29 is 14.2 Å². The van der Waals surface area contributed by atoms with Crippen molar-refractivity contribution in [2.24, 2.45) is 10.9 Å². The van der Waals surface area contributed by atoms with Crippen LogP contribution in [0.5, 0.6) is 11.5 Å².